The normalized spacial score (nSPS) is 40.9. The molecule has 60 valence electrons. The molecule has 0 radical (unpaired) electrons. The minimum Gasteiger partial charge on any atom is -0.481 e. The molecule has 1 aliphatic carbocycles. The minimum atomic E-state index is -0.617. The van der Waals surface area contributed by atoms with Gasteiger partial charge in [0.2, 0.25) is 0 Å². The van der Waals surface area contributed by atoms with E-state index in [1.165, 1.54) is 0 Å². The zero-order valence-electron chi connectivity index (χ0n) is 6.06. The van der Waals surface area contributed by atoms with Gasteiger partial charge in [0.25, 0.3) is 0 Å². The maximum atomic E-state index is 10.6. The fourth-order valence-corrected chi connectivity index (χ4v) is 3.08. The van der Waals surface area contributed by atoms with Gasteiger partial charge >= 0.3 is 5.97 Å². The summed E-state index contributed by atoms with van der Waals surface area (Å²) in [5.74, 6) is -0.156. The van der Waals surface area contributed by atoms with Gasteiger partial charge in [-0.05, 0) is 24.2 Å². The average Bonchev–Trinajstić information content (AvgIpc) is 2.40. The minimum absolute atomic E-state index is 0.0811. The lowest BCUT2D eigenvalue weighted by molar-refractivity contribution is -0.141. The van der Waals surface area contributed by atoms with Crippen molar-refractivity contribution in [3.63, 3.8) is 0 Å². The van der Waals surface area contributed by atoms with E-state index in [1.54, 1.807) is 11.8 Å². The van der Waals surface area contributed by atoms with Crippen LogP contribution >= 0.6 is 11.8 Å². The first-order valence-electron chi connectivity index (χ1n) is 3.82. The number of fused-ring (bicyclic) bond motifs is 1. The first-order valence-corrected chi connectivity index (χ1v) is 4.76. The molecular formula is C8H10O2S. The van der Waals surface area contributed by atoms with Gasteiger partial charge in [-0.2, -0.15) is 0 Å². The molecular weight excluding hydrogens is 160 g/mol. The lowest BCUT2D eigenvalue weighted by Gasteiger charge is -2.03. The van der Waals surface area contributed by atoms with E-state index in [-0.39, 0.29) is 5.92 Å². The summed E-state index contributed by atoms with van der Waals surface area (Å²) in [7, 11) is 0. The number of allylic oxidation sites excluding steroid dienone is 1. The summed E-state index contributed by atoms with van der Waals surface area (Å²) >= 11 is 1.79. The topological polar surface area (TPSA) is 37.3 Å². The molecule has 0 aromatic carbocycles. The van der Waals surface area contributed by atoms with Crippen LogP contribution in [0.3, 0.4) is 0 Å². The van der Waals surface area contributed by atoms with Crippen molar-refractivity contribution in [3.8, 4) is 0 Å². The SMILES string of the molecule is O=C(O)C1CC2C=CSC2C1. The van der Waals surface area contributed by atoms with Gasteiger partial charge in [-0.25, -0.2) is 0 Å². The van der Waals surface area contributed by atoms with Crippen LogP contribution in [-0.4, -0.2) is 16.3 Å². The van der Waals surface area contributed by atoms with Crippen LogP contribution in [0.1, 0.15) is 12.8 Å². The Morgan fingerprint density at radius 2 is 2.36 bits per heavy atom. The van der Waals surface area contributed by atoms with E-state index in [1.807, 2.05) is 0 Å². The number of aliphatic carboxylic acids is 1. The molecule has 3 unspecified atom stereocenters. The van der Waals surface area contributed by atoms with Crippen LogP contribution < -0.4 is 0 Å². The van der Waals surface area contributed by atoms with E-state index in [0.29, 0.717) is 11.2 Å². The van der Waals surface area contributed by atoms with Crippen LogP contribution in [-0.2, 0) is 4.79 Å². The fourth-order valence-electron chi connectivity index (χ4n) is 1.84. The third kappa shape index (κ3) is 1.18. The van der Waals surface area contributed by atoms with Crippen molar-refractivity contribution < 1.29 is 9.90 Å². The molecule has 3 atom stereocenters. The van der Waals surface area contributed by atoms with E-state index >= 15 is 0 Å². The highest BCUT2D eigenvalue weighted by atomic mass is 32.2. The third-order valence-corrected chi connectivity index (χ3v) is 3.69. The summed E-state index contributed by atoms with van der Waals surface area (Å²) in [5, 5.41) is 11.4. The van der Waals surface area contributed by atoms with Crippen molar-refractivity contribution in [2.45, 2.75) is 18.1 Å². The fraction of sp³-hybridized carbons (Fsp3) is 0.625. The van der Waals surface area contributed by atoms with Gasteiger partial charge in [-0.1, -0.05) is 6.08 Å². The molecule has 0 bridgehead atoms. The van der Waals surface area contributed by atoms with Crippen LogP contribution in [0.25, 0.3) is 0 Å². The molecule has 0 saturated heterocycles. The molecule has 1 fully saturated rings. The molecule has 1 N–H and O–H groups in total. The number of thioether (sulfide) groups is 1. The highest BCUT2D eigenvalue weighted by molar-refractivity contribution is 8.03. The molecule has 0 aromatic rings. The van der Waals surface area contributed by atoms with E-state index in [9.17, 15) is 4.79 Å². The molecule has 3 heteroatoms. The molecule has 0 spiro atoms. The lowest BCUT2D eigenvalue weighted by atomic mass is 10.1. The quantitative estimate of drug-likeness (QED) is 0.651. The highest BCUT2D eigenvalue weighted by Gasteiger charge is 2.38. The Morgan fingerprint density at radius 3 is 3.00 bits per heavy atom. The Morgan fingerprint density at radius 1 is 1.55 bits per heavy atom. The Balaban J connectivity index is 2.04. The van der Waals surface area contributed by atoms with Gasteiger partial charge < -0.3 is 5.11 Å². The summed E-state index contributed by atoms with van der Waals surface area (Å²) in [6.45, 7) is 0. The highest BCUT2D eigenvalue weighted by Crippen LogP contribution is 2.44. The van der Waals surface area contributed by atoms with Gasteiger partial charge in [0.15, 0.2) is 0 Å². The van der Waals surface area contributed by atoms with E-state index < -0.39 is 5.97 Å². The standard InChI is InChI=1S/C8H10O2S/c9-8(10)6-3-5-1-2-11-7(5)4-6/h1-2,5-7H,3-4H2,(H,9,10). The molecule has 2 nitrogen and oxygen atoms in total. The summed E-state index contributed by atoms with van der Waals surface area (Å²) in [4.78, 5) is 10.6. The molecule has 11 heavy (non-hydrogen) atoms. The molecule has 0 amide bonds. The molecule has 1 saturated carbocycles. The Kier molecular flexibility index (Phi) is 1.68. The Bertz CT molecular complexity index is 212. The van der Waals surface area contributed by atoms with Gasteiger partial charge in [0.1, 0.15) is 0 Å². The largest absolute Gasteiger partial charge is 0.481 e. The predicted molar refractivity (Wildman–Crippen MR) is 44.4 cm³/mol. The Hall–Kier alpha value is -0.440. The van der Waals surface area contributed by atoms with Crippen molar-refractivity contribution in [2.24, 2.45) is 11.8 Å². The van der Waals surface area contributed by atoms with E-state index in [0.717, 1.165) is 12.8 Å². The number of carbonyl (C=O) groups is 1. The smallest absolute Gasteiger partial charge is 0.306 e. The maximum absolute atomic E-state index is 10.6. The van der Waals surface area contributed by atoms with Crippen LogP contribution in [0.15, 0.2) is 11.5 Å². The molecule has 0 aromatic heterocycles. The van der Waals surface area contributed by atoms with Crippen molar-refractivity contribution >= 4 is 17.7 Å². The molecule has 2 rings (SSSR count). The summed E-state index contributed by atoms with van der Waals surface area (Å²) < 4.78 is 0. The number of hydrogen-bond acceptors (Lipinski definition) is 2. The van der Waals surface area contributed by atoms with Crippen LogP contribution in [0.5, 0.6) is 0 Å². The second-order valence-corrected chi connectivity index (χ2v) is 4.32. The zero-order valence-corrected chi connectivity index (χ0v) is 6.88. The molecule has 2 aliphatic rings. The van der Waals surface area contributed by atoms with Crippen LogP contribution in [0.2, 0.25) is 0 Å². The van der Waals surface area contributed by atoms with Crippen LogP contribution in [0.4, 0.5) is 0 Å². The number of carboxylic acids is 1. The van der Waals surface area contributed by atoms with Gasteiger partial charge in [0, 0.05) is 5.25 Å². The second-order valence-electron chi connectivity index (χ2n) is 3.17. The third-order valence-electron chi connectivity index (χ3n) is 2.48. The molecule has 1 heterocycles. The van der Waals surface area contributed by atoms with Crippen molar-refractivity contribution in [3.05, 3.63) is 11.5 Å². The summed E-state index contributed by atoms with van der Waals surface area (Å²) in [6.07, 6.45) is 3.86. The molecule has 1 aliphatic heterocycles. The number of hydrogen-bond donors (Lipinski definition) is 1. The summed E-state index contributed by atoms with van der Waals surface area (Å²) in [5.41, 5.74) is 0. The number of rotatable bonds is 1. The predicted octanol–water partition coefficient (Wildman–Crippen LogP) is 1.73. The Labute approximate surface area is 69.7 Å². The van der Waals surface area contributed by atoms with Gasteiger partial charge in [0.05, 0.1) is 5.92 Å². The summed E-state index contributed by atoms with van der Waals surface area (Å²) in [6, 6.07) is 0. The van der Waals surface area contributed by atoms with Crippen molar-refractivity contribution in [2.75, 3.05) is 0 Å². The van der Waals surface area contributed by atoms with Crippen molar-refractivity contribution in [1.29, 1.82) is 0 Å². The van der Waals surface area contributed by atoms with Crippen LogP contribution in [0, 0.1) is 11.8 Å². The van der Waals surface area contributed by atoms with E-state index in [2.05, 4.69) is 11.5 Å². The first-order chi connectivity index (χ1) is 5.27. The second kappa shape index (κ2) is 2.55. The zero-order chi connectivity index (χ0) is 7.84. The van der Waals surface area contributed by atoms with E-state index in [4.69, 9.17) is 5.11 Å². The number of carboxylic acid groups (broad SMARTS) is 1. The average molecular weight is 170 g/mol. The monoisotopic (exact) mass is 170 g/mol. The van der Waals surface area contributed by atoms with Gasteiger partial charge in [-0.15, -0.1) is 11.8 Å². The lowest BCUT2D eigenvalue weighted by Crippen LogP contribution is -2.09. The van der Waals surface area contributed by atoms with Gasteiger partial charge in [-0.3, -0.25) is 4.79 Å². The maximum Gasteiger partial charge on any atom is 0.306 e. The first kappa shape index (κ1) is 7.22. The van der Waals surface area contributed by atoms with Crippen molar-refractivity contribution in [1.82, 2.24) is 0 Å².